The van der Waals surface area contributed by atoms with E-state index in [2.05, 4.69) is 10.4 Å². The van der Waals surface area contributed by atoms with Crippen molar-refractivity contribution in [1.82, 2.24) is 15.1 Å². The summed E-state index contributed by atoms with van der Waals surface area (Å²) >= 11 is 6.11. The van der Waals surface area contributed by atoms with Crippen molar-refractivity contribution in [3.05, 3.63) is 16.4 Å². The van der Waals surface area contributed by atoms with E-state index < -0.39 is 17.8 Å². The van der Waals surface area contributed by atoms with Gasteiger partial charge in [-0.3, -0.25) is 14.3 Å². The van der Waals surface area contributed by atoms with E-state index >= 15 is 0 Å². The lowest BCUT2D eigenvalue weighted by Crippen LogP contribution is -2.44. The Bertz CT molecular complexity index is 660. The molecule has 0 aliphatic carbocycles. The SMILES string of the molecule is Cc1nn(CCCNC(=O)[C@H]2[C@@H](C(=O)O)[C@@H]3CC[C@H]2O3)c(C)c1Cl. The van der Waals surface area contributed by atoms with Crippen LogP contribution in [0, 0.1) is 25.7 Å². The lowest BCUT2D eigenvalue weighted by atomic mass is 9.79. The molecule has 0 unspecified atom stereocenters. The van der Waals surface area contributed by atoms with Gasteiger partial charge in [-0.05, 0) is 33.1 Å². The van der Waals surface area contributed by atoms with Crippen LogP contribution in [0.4, 0.5) is 0 Å². The zero-order valence-corrected chi connectivity index (χ0v) is 14.5. The molecule has 2 N–H and O–H groups in total. The first kappa shape index (κ1) is 17.2. The standard InChI is InChI=1S/C16H22ClN3O4/c1-8-14(17)9(2)20(19-8)7-3-6-18-15(21)12-10-4-5-11(24-10)13(12)16(22)23/h10-13H,3-7H2,1-2H3,(H,18,21)(H,22,23)/t10-,11+,12-,13+/m1/s1. The third kappa shape index (κ3) is 3.02. The monoisotopic (exact) mass is 355 g/mol. The van der Waals surface area contributed by atoms with Crippen molar-refractivity contribution in [2.75, 3.05) is 6.54 Å². The topological polar surface area (TPSA) is 93.5 Å². The molecule has 8 heteroatoms. The molecule has 2 bridgehead atoms. The van der Waals surface area contributed by atoms with Gasteiger partial charge in [0.05, 0.1) is 40.5 Å². The molecule has 2 fully saturated rings. The minimum atomic E-state index is -0.945. The number of aliphatic carboxylic acids is 1. The Hall–Kier alpha value is -1.60. The molecular formula is C16H22ClN3O4. The normalized spacial score (nSPS) is 28.3. The van der Waals surface area contributed by atoms with E-state index in [1.54, 1.807) is 0 Å². The molecule has 1 aromatic rings. The van der Waals surface area contributed by atoms with Gasteiger partial charge in [0.15, 0.2) is 0 Å². The van der Waals surface area contributed by atoms with Gasteiger partial charge in [-0.15, -0.1) is 0 Å². The second-order valence-corrected chi connectivity index (χ2v) is 6.91. The molecule has 2 saturated heterocycles. The summed E-state index contributed by atoms with van der Waals surface area (Å²) in [6, 6.07) is 0. The summed E-state index contributed by atoms with van der Waals surface area (Å²) in [7, 11) is 0. The maximum atomic E-state index is 12.4. The minimum absolute atomic E-state index is 0.221. The van der Waals surface area contributed by atoms with Crippen LogP contribution in [0.15, 0.2) is 0 Å². The number of aryl methyl sites for hydroxylation is 2. The zero-order valence-electron chi connectivity index (χ0n) is 13.8. The molecule has 7 nitrogen and oxygen atoms in total. The van der Waals surface area contributed by atoms with E-state index in [0.29, 0.717) is 24.5 Å². The quantitative estimate of drug-likeness (QED) is 0.755. The number of carboxylic acids is 1. The summed E-state index contributed by atoms with van der Waals surface area (Å²) in [5, 5.41) is 17.2. The number of ether oxygens (including phenoxy) is 1. The number of hydrogen-bond donors (Lipinski definition) is 2. The third-order valence-electron chi connectivity index (χ3n) is 5.00. The van der Waals surface area contributed by atoms with Crippen LogP contribution in [-0.4, -0.2) is 45.5 Å². The molecule has 3 rings (SSSR count). The summed E-state index contributed by atoms with van der Waals surface area (Å²) in [6.45, 7) is 4.88. The van der Waals surface area contributed by atoms with Gasteiger partial charge in [0.25, 0.3) is 0 Å². The lowest BCUT2D eigenvalue weighted by Gasteiger charge is -2.23. The summed E-state index contributed by atoms with van der Waals surface area (Å²) in [5.74, 6) is -2.47. The number of carbonyl (C=O) groups excluding carboxylic acids is 1. The summed E-state index contributed by atoms with van der Waals surface area (Å²) in [5.41, 5.74) is 1.70. The molecule has 2 aliphatic rings. The number of rotatable bonds is 6. The molecular weight excluding hydrogens is 334 g/mol. The first-order chi connectivity index (χ1) is 11.4. The maximum Gasteiger partial charge on any atom is 0.310 e. The molecule has 1 amide bonds. The third-order valence-corrected chi connectivity index (χ3v) is 5.55. The second-order valence-electron chi connectivity index (χ2n) is 6.53. The zero-order chi connectivity index (χ0) is 17.4. The number of fused-ring (bicyclic) bond motifs is 2. The Morgan fingerprint density at radius 2 is 2.00 bits per heavy atom. The van der Waals surface area contributed by atoms with Gasteiger partial charge < -0.3 is 15.2 Å². The minimum Gasteiger partial charge on any atom is -0.481 e. The number of carboxylic acid groups (broad SMARTS) is 1. The second kappa shape index (κ2) is 6.72. The number of nitrogens with one attached hydrogen (secondary N) is 1. The van der Waals surface area contributed by atoms with Crippen molar-refractivity contribution in [2.24, 2.45) is 11.8 Å². The fourth-order valence-electron chi connectivity index (χ4n) is 3.78. The van der Waals surface area contributed by atoms with Gasteiger partial charge in [0.1, 0.15) is 0 Å². The molecule has 0 spiro atoms. The van der Waals surface area contributed by atoms with Crippen molar-refractivity contribution in [3.63, 3.8) is 0 Å². The Balaban J connectivity index is 1.51. The smallest absolute Gasteiger partial charge is 0.310 e. The maximum absolute atomic E-state index is 12.4. The van der Waals surface area contributed by atoms with Crippen LogP contribution in [-0.2, 0) is 20.9 Å². The first-order valence-corrected chi connectivity index (χ1v) is 8.63. The van der Waals surface area contributed by atoms with Crippen molar-refractivity contribution in [3.8, 4) is 0 Å². The van der Waals surface area contributed by atoms with Crippen LogP contribution in [0.1, 0.15) is 30.7 Å². The molecule has 1 aromatic heterocycles. The van der Waals surface area contributed by atoms with Crippen LogP contribution in [0.2, 0.25) is 5.02 Å². The number of nitrogens with zero attached hydrogens (tertiary/aromatic N) is 2. The Morgan fingerprint density at radius 3 is 2.58 bits per heavy atom. The highest BCUT2D eigenvalue weighted by molar-refractivity contribution is 6.31. The van der Waals surface area contributed by atoms with E-state index in [1.165, 1.54) is 0 Å². The molecule has 24 heavy (non-hydrogen) atoms. The highest BCUT2D eigenvalue weighted by Crippen LogP contribution is 2.43. The number of carbonyl (C=O) groups is 2. The number of halogens is 1. The number of aromatic nitrogens is 2. The Kier molecular flexibility index (Phi) is 4.83. The van der Waals surface area contributed by atoms with Crippen molar-refractivity contribution >= 4 is 23.5 Å². The van der Waals surface area contributed by atoms with Crippen LogP contribution in [0.3, 0.4) is 0 Å². The molecule has 0 saturated carbocycles. The first-order valence-electron chi connectivity index (χ1n) is 8.25. The summed E-state index contributed by atoms with van der Waals surface area (Å²) < 4.78 is 7.44. The molecule has 0 radical (unpaired) electrons. The predicted octanol–water partition coefficient (Wildman–Crippen LogP) is 1.54. The summed E-state index contributed by atoms with van der Waals surface area (Å²) in [6.07, 6.45) is 1.61. The fourth-order valence-corrected chi connectivity index (χ4v) is 3.91. The molecule has 2 aliphatic heterocycles. The van der Waals surface area contributed by atoms with Gasteiger partial charge in [-0.1, -0.05) is 11.6 Å². The molecule has 4 atom stereocenters. The Morgan fingerprint density at radius 1 is 1.33 bits per heavy atom. The molecule has 132 valence electrons. The van der Waals surface area contributed by atoms with Crippen LogP contribution >= 0.6 is 11.6 Å². The Labute approximate surface area is 145 Å². The van der Waals surface area contributed by atoms with Crippen molar-refractivity contribution in [1.29, 1.82) is 0 Å². The molecule has 3 heterocycles. The van der Waals surface area contributed by atoms with Gasteiger partial charge >= 0.3 is 5.97 Å². The average molecular weight is 356 g/mol. The predicted molar refractivity (Wildman–Crippen MR) is 86.8 cm³/mol. The van der Waals surface area contributed by atoms with Gasteiger partial charge in [0.2, 0.25) is 5.91 Å². The van der Waals surface area contributed by atoms with Crippen LogP contribution in [0.25, 0.3) is 0 Å². The van der Waals surface area contributed by atoms with E-state index in [4.69, 9.17) is 16.3 Å². The average Bonchev–Trinajstić information content (AvgIpc) is 3.21. The van der Waals surface area contributed by atoms with Gasteiger partial charge in [-0.2, -0.15) is 5.10 Å². The van der Waals surface area contributed by atoms with Crippen molar-refractivity contribution in [2.45, 2.75) is 51.9 Å². The fraction of sp³-hybridized carbons (Fsp3) is 0.688. The number of amides is 1. The summed E-state index contributed by atoms with van der Waals surface area (Å²) in [4.78, 5) is 23.8. The van der Waals surface area contributed by atoms with E-state index in [1.807, 2.05) is 18.5 Å². The van der Waals surface area contributed by atoms with Crippen molar-refractivity contribution < 1.29 is 19.4 Å². The van der Waals surface area contributed by atoms with Gasteiger partial charge in [-0.25, -0.2) is 0 Å². The highest BCUT2D eigenvalue weighted by atomic mass is 35.5. The molecule has 0 aromatic carbocycles. The lowest BCUT2D eigenvalue weighted by molar-refractivity contribution is -0.147. The highest BCUT2D eigenvalue weighted by Gasteiger charge is 2.55. The van der Waals surface area contributed by atoms with Crippen LogP contribution in [0.5, 0.6) is 0 Å². The number of hydrogen-bond acceptors (Lipinski definition) is 4. The van der Waals surface area contributed by atoms with Crippen LogP contribution < -0.4 is 5.32 Å². The van der Waals surface area contributed by atoms with Gasteiger partial charge in [0, 0.05) is 13.1 Å². The van der Waals surface area contributed by atoms with E-state index in [-0.39, 0.29) is 18.1 Å². The largest absolute Gasteiger partial charge is 0.481 e. The van der Waals surface area contributed by atoms with E-state index in [0.717, 1.165) is 24.2 Å². The van der Waals surface area contributed by atoms with E-state index in [9.17, 15) is 14.7 Å².